The molecule has 1 aromatic carbocycles. The van der Waals surface area contributed by atoms with Gasteiger partial charge in [-0.15, -0.1) is 0 Å². The molecule has 0 unspecified atom stereocenters. The van der Waals surface area contributed by atoms with Gasteiger partial charge >= 0.3 is 0 Å². The van der Waals surface area contributed by atoms with Crippen LogP contribution in [0.25, 0.3) is 16.6 Å². The van der Waals surface area contributed by atoms with Gasteiger partial charge in [0.1, 0.15) is 11.3 Å². The molecule has 0 N–H and O–H groups in total. The molecule has 0 aliphatic carbocycles. The zero-order chi connectivity index (χ0) is 13.4. The van der Waals surface area contributed by atoms with Gasteiger partial charge in [-0.2, -0.15) is 0 Å². The van der Waals surface area contributed by atoms with Gasteiger partial charge in [-0.1, -0.05) is 6.07 Å². The third-order valence-corrected chi connectivity index (χ3v) is 3.40. The van der Waals surface area contributed by atoms with Crippen LogP contribution in [0, 0.1) is 13.8 Å². The maximum Gasteiger partial charge on any atom is 0.147 e. The van der Waals surface area contributed by atoms with E-state index < -0.39 is 0 Å². The van der Waals surface area contributed by atoms with Crippen molar-refractivity contribution >= 4 is 10.9 Å². The number of ether oxygens (including phenoxy) is 1. The predicted octanol–water partition coefficient (Wildman–Crippen LogP) is 3.65. The van der Waals surface area contributed by atoms with Crippen molar-refractivity contribution in [2.45, 2.75) is 13.8 Å². The summed E-state index contributed by atoms with van der Waals surface area (Å²) in [7, 11) is 1.68. The summed E-state index contributed by atoms with van der Waals surface area (Å²) >= 11 is 0. The number of hydrogen-bond donors (Lipinski definition) is 0. The number of hydrogen-bond acceptors (Lipinski definition) is 2. The molecule has 0 radical (unpaired) electrons. The molecule has 2 heterocycles. The van der Waals surface area contributed by atoms with Crippen LogP contribution in [0.4, 0.5) is 0 Å². The Balaban J connectivity index is 2.31. The van der Waals surface area contributed by atoms with Gasteiger partial charge in [0.05, 0.1) is 7.11 Å². The highest BCUT2D eigenvalue weighted by Crippen LogP contribution is 2.28. The molecule has 0 amide bonds. The molecule has 0 atom stereocenters. The molecule has 0 saturated heterocycles. The van der Waals surface area contributed by atoms with Gasteiger partial charge in [-0.3, -0.25) is 4.98 Å². The van der Waals surface area contributed by atoms with E-state index >= 15 is 0 Å². The van der Waals surface area contributed by atoms with Gasteiger partial charge in [0.2, 0.25) is 0 Å². The lowest BCUT2D eigenvalue weighted by Crippen LogP contribution is -2.00. The maximum atomic E-state index is 5.47. The van der Waals surface area contributed by atoms with E-state index in [9.17, 15) is 0 Å². The highest BCUT2D eigenvalue weighted by molar-refractivity contribution is 5.86. The topological polar surface area (TPSA) is 27.1 Å². The van der Waals surface area contributed by atoms with E-state index in [1.54, 1.807) is 13.3 Å². The van der Waals surface area contributed by atoms with E-state index in [0.717, 1.165) is 22.3 Å². The van der Waals surface area contributed by atoms with Crippen LogP contribution < -0.4 is 4.74 Å². The Labute approximate surface area is 112 Å². The predicted molar refractivity (Wildman–Crippen MR) is 77.1 cm³/mol. The Bertz CT molecular complexity index is 724. The van der Waals surface area contributed by atoms with E-state index in [1.165, 1.54) is 11.4 Å². The third kappa shape index (κ3) is 1.87. The molecule has 3 aromatic rings. The van der Waals surface area contributed by atoms with Crippen molar-refractivity contribution in [1.82, 2.24) is 9.55 Å². The number of rotatable bonds is 2. The molecule has 96 valence electrons. The Morgan fingerprint density at radius 2 is 1.79 bits per heavy atom. The number of methoxy groups -OCH3 is 1. The highest BCUT2D eigenvalue weighted by atomic mass is 16.5. The number of aryl methyl sites for hydroxylation is 2. The number of pyridine rings is 1. The molecule has 0 aliphatic rings. The summed E-state index contributed by atoms with van der Waals surface area (Å²) in [6, 6.07) is 12.4. The standard InChI is InChI=1S/C16H16N2O/c1-11-6-7-12(2)18(11)14-9-13-5-4-8-17-16(13)15(10-14)19-3/h4-10H,1-3H3. The van der Waals surface area contributed by atoms with E-state index in [-0.39, 0.29) is 0 Å². The fourth-order valence-electron chi connectivity index (χ4n) is 2.50. The molecule has 2 aromatic heterocycles. The molecule has 0 fully saturated rings. The normalized spacial score (nSPS) is 10.9. The summed E-state index contributed by atoms with van der Waals surface area (Å²) in [6.45, 7) is 4.21. The lowest BCUT2D eigenvalue weighted by atomic mass is 10.1. The maximum absolute atomic E-state index is 5.47. The van der Waals surface area contributed by atoms with Crippen molar-refractivity contribution in [3.8, 4) is 11.4 Å². The minimum absolute atomic E-state index is 0.806. The average molecular weight is 252 g/mol. The van der Waals surface area contributed by atoms with Gasteiger partial charge in [0.25, 0.3) is 0 Å². The molecule has 3 heteroatoms. The second-order valence-electron chi connectivity index (χ2n) is 4.67. The fraction of sp³-hybridized carbons (Fsp3) is 0.188. The molecule has 3 nitrogen and oxygen atoms in total. The Kier molecular flexibility index (Phi) is 2.75. The van der Waals surface area contributed by atoms with Crippen LogP contribution in [0.15, 0.2) is 42.6 Å². The van der Waals surface area contributed by atoms with Gasteiger partial charge in [-0.25, -0.2) is 0 Å². The van der Waals surface area contributed by atoms with Crippen molar-refractivity contribution < 1.29 is 4.74 Å². The summed E-state index contributed by atoms with van der Waals surface area (Å²) in [6.07, 6.45) is 1.79. The Morgan fingerprint density at radius 1 is 1.05 bits per heavy atom. The minimum atomic E-state index is 0.806. The van der Waals surface area contributed by atoms with Crippen molar-refractivity contribution in [2.24, 2.45) is 0 Å². The molecule has 0 saturated carbocycles. The first-order valence-corrected chi connectivity index (χ1v) is 6.29. The molecular weight excluding hydrogens is 236 g/mol. The summed E-state index contributed by atoms with van der Waals surface area (Å²) in [4.78, 5) is 4.39. The van der Waals surface area contributed by atoms with Crippen LogP contribution in [0.2, 0.25) is 0 Å². The highest BCUT2D eigenvalue weighted by Gasteiger charge is 2.09. The van der Waals surface area contributed by atoms with Crippen LogP contribution in [-0.4, -0.2) is 16.7 Å². The summed E-state index contributed by atoms with van der Waals surface area (Å²) in [5.41, 5.74) is 4.43. The quantitative estimate of drug-likeness (QED) is 0.696. The number of benzene rings is 1. The molecule has 0 spiro atoms. The summed E-state index contributed by atoms with van der Waals surface area (Å²) < 4.78 is 7.69. The molecular formula is C16H16N2O. The van der Waals surface area contributed by atoms with E-state index in [1.807, 2.05) is 12.1 Å². The van der Waals surface area contributed by atoms with Gasteiger partial charge in [-0.05, 0) is 38.1 Å². The third-order valence-electron chi connectivity index (χ3n) is 3.40. The van der Waals surface area contributed by atoms with Crippen LogP contribution >= 0.6 is 0 Å². The van der Waals surface area contributed by atoms with Gasteiger partial charge in [0, 0.05) is 34.7 Å². The molecule has 3 rings (SSSR count). The van der Waals surface area contributed by atoms with Gasteiger partial charge < -0.3 is 9.30 Å². The van der Waals surface area contributed by atoms with Crippen molar-refractivity contribution in [3.05, 3.63) is 54.0 Å². The largest absolute Gasteiger partial charge is 0.494 e. The lowest BCUT2D eigenvalue weighted by molar-refractivity contribution is 0.418. The first-order valence-electron chi connectivity index (χ1n) is 6.29. The molecule has 0 bridgehead atoms. The van der Waals surface area contributed by atoms with Crippen LogP contribution in [0.3, 0.4) is 0 Å². The van der Waals surface area contributed by atoms with Gasteiger partial charge in [0.15, 0.2) is 0 Å². The lowest BCUT2D eigenvalue weighted by Gasteiger charge is -2.13. The average Bonchev–Trinajstić information content (AvgIpc) is 2.77. The van der Waals surface area contributed by atoms with Crippen LogP contribution in [-0.2, 0) is 0 Å². The fourth-order valence-corrected chi connectivity index (χ4v) is 2.50. The number of fused-ring (bicyclic) bond motifs is 1. The Morgan fingerprint density at radius 3 is 2.47 bits per heavy atom. The van der Waals surface area contributed by atoms with E-state index in [2.05, 4.69) is 47.7 Å². The SMILES string of the molecule is COc1cc(-n2c(C)ccc2C)cc2cccnc12. The second-order valence-corrected chi connectivity index (χ2v) is 4.67. The Hall–Kier alpha value is -2.29. The zero-order valence-corrected chi connectivity index (χ0v) is 11.3. The van der Waals surface area contributed by atoms with Crippen molar-refractivity contribution in [2.75, 3.05) is 7.11 Å². The number of nitrogens with zero attached hydrogens (tertiary/aromatic N) is 2. The summed E-state index contributed by atoms with van der Waals surface area (Å²) in [5.74, 6) is 0.806. The van der Waals surface area contributed by atoms with E-state index in [4.69, 9.17) is 4.74 Å². The minimum Gasteiger partial charge on any atom is -0.494 e. The summed E-state index contributed by atoms with van der Waals surface area (Å²) in [5, 5.41) is 1.09. The van der Waals surface area contributed by atoms with Crippen molar-refractivity contribution in [1.29, 1.82) is 0 Å². The second kappa shape index (κ2) is 4.43. The molecule has 0 aliphatic heterocycles. The first-order chi connectivity index (χ1) is 9.20. The zero-order valence-electron chi connectivity index (χ0n) is 11.3. The van der Waals surface area contributed by atoms with Crippen molar-refractivity contribution in [3.63, 3.8) is 0 Å². The first kappa shape index (κ1) is 11.8. The van der Waals surface area contributed by atoms with Crippen LogP contribution in [0.1, 0.15) is 11.4 Å². The number of aromatic nitrogens is 2. The monoisotopic (exact) mass is 252 g/mol. The molecule has 19 heavy (non-hydrogen) atoms. The van der Waals surface area contributed by atoms with Crippen LogP contribution in [0.5, 0.6) is 5.75 Å². The smallest absolute Gasteiger partial charge is 0.147 e. The van der Waals surface area contributed by atoms with E-state index in [0.29, 0.717) is 0 Å².